The molecular weight excluding hydrogens is 402 g/mol. The highest BCUT2D eigenvalue weighted by Gasteiger charge is 2.10. The maximum Gasteiger partial charge on any atom is 0.323 e. The Hall–Kier alpha value is -3.65. The summed E-state index contributed by atoms with van der Waals surface area (Å²) in [4.78, 5) is 24.5. The topological polar surface area (TPSA) is 104 Å². The van der Waals surface area contributed by atoms with Crippen molar-refractivity contribution in [2.45, 2.75) is 5.75 Å². The van der Waals surface area contributed by atoms with Crippen LogP contribution >= 0.6 is 0 Å². The van der Waals surface area contributed by atoms with Crippen molar-refractivity contribution in [1.82, 2.24) is 0 Å². The van der Waals surface area contributed by atoms with Gasteiger partial charge in [0.2, 0.25) is 0 Å². The number of carbonyl (C=O) groups excluding carboxylic acids is 2. The predicted octanol–water partition coefficient (Wildman–Crippen LogP) is 4.13. The van der Waals surface area contributed by atoms with E-state index in [-0.39, 0.29) is 17.7 Å². The van der Waals surface area contributed by atoms with E-state index in [2.05, 4.69) is 16.0 Å². The third-order valence-corrected chi connectivity index (χ3v) is 4.91. The van der Waals surface area contributed by atoms with Crippen LogP contribution in [0, 0.1) is 0 Å². The molecule has 0 spiro atoms. The fourth-order valence-electron chi connectivity index (χ4n) is 2.76. The Morgan fingerprint density at radius 2 is 1.30 bits per heavy atom. The number of para-hydroxylation sites is 1. The maximum atomic E-state index is 12.5. The number of benzene rings is 3. The molecule has 0 atom stereocenters. The molecule has 0 unspecified atom stereocenters. The number of amides is 3. The summed E-state index contributed by atoms with van der Waals surface area (Å²) in [6.45, 7) is 0. The molecule has 8 heteroatoms. The smallest absolute Gasteiger partial charge is 0.322 e. The first-order valence-electron chi connectivity index (χ1n) is 9.10. The largest absolute Gasteiger partial charge is 0.323 e. The van der Waals surface area contributed by atoms with Gasteiger partial charge >= 0.3 is 6.03 Å². The molecule has 7 nitrogen and oxygen atoms in total. The Kier molecular flexibility index (Phi) is 6.48. The fourth-order valence-corrected chi connectivity index (χ4v) is 3.55. The lowest BCUT2D eigenvalue weighted by molar-refractivity contribution is 0.102. The Bertz CT molecular complexity index is 1140. The fraction of sp³-hybridized carbons (Fsp3) is 0.0909. The average molecular weight is 423 g/mol. The summed E-state index contributed by atoms with van der Waals surface area (Å²) in [5, 5.41) is 8.18. The number of anilines is 3. The van der Waals surface area contributed by atoms with Gasteiger partial charge in [0.05, 0.1) is 5.75 Å². The second-order valence-electron chi connectivity index (χ2n) is 6.75. The second kappa shape index (κ2) is 9.23. The number of sulfone groups is 1. The van der Waals surface area contributed by atoms with Crippen LogP contribution in [0.4, 0.5) is 21.9 Å². The average Bonchev–Trinajstić information content (AvgIpc) is 2.69. The number of carbonyl (C=O) groups is 2. The molecule has 0 fully saturated rings. The van der Waals surface area contributed by atoms with Crippen LogP contribution < -0.4 is 16.0 Å². The van der Waals surface area contributed by atoms with E-state index >= 15 is 0 Å². The number of hydrogen-bond donors (Lipinski definition) is 3. The van der Waals surface area contributed by atoms with E-state index in [1.54, 1.807) is 60.7 Å². The van der Waals surface area contributed by atoms with Crippen molar-refractivity contribution in [3.05, 3.63) is 90.0 Å². The standard InChI is InChI=1S/C22H21N3O4S/c1-30(28,29)15-16-6-5-7-17(14-16)21(26)23-19-10-12-20(13-11-19)25-22(27)24-18-8-3-2-4-9-18/h2-14H,15H2,1H3,(H,23,26)(H2,24,25,27). The van der Waals surface area contributed by atoms with Crippen LogP contribution in [-0.4, -0.2) is 26.6 Å². The van der Waals surface area contributed by atoms with Crippen molar-refractivity contribution in [3.8, 4) is 0 Å². The molecule has 0 saturated carbocycles. The molecule has 0 aliphatic rings. The molecule has 3 N–H and O–H groups in total. The minimum Gasteiger partial charge on any atom is -0.322 e. The summed E-state index contributed by atoms with van der Waals surface area (Å²) in [5.74, 6) is -0.479. The first kappa shape index (κ1) is 21.1. The van der Waals surface area contributed by atoms with E-state index in [0.717, 1.165) is 6.26 Å². The normalized spacial score (nSPS) is 10.8. The van der Waals surface area contributed by atoms with Gasteiger partial charge < -0.3 is 16.0 Å². The van der Waals surface area contributed by atoms with Crippen molar-refractivity contribution in [2.24, 2.45) is 0 Å². The predicted molar refractivity (Wildman–Crippen MR) is 118 cm³/mol. The van der Waals surface area contributed by atoms with Crippen LogP contribution in [-0.2, 0) is 15.6 Å². The lowest BCUT2D eigenvalue weighted by Crippen LogP contribution is -2.19. The van der Waals surface area contributed by atoms with Crippen LogP contribution in [0.25, 0.3) is 0 Å². The molecule has 154 valence electrons. The van der Waals surface area contributed by atoms with Gasteiger partial charge in [-0.1, -0.05) is 30.3 Å². The zero-order valence-electron chi connectivity index (χ0n) is 16.3. The summed E-state index contributed by atoms with van der Waals surface area (Å²) in [6, 6.07) is 21.8. The molecule has 30 heavy (non-hydrogen) atoms. The van der Waals surface area contributed by atoms with Crippen LogP contribution in [0.5, 0.6) is 0 Å². The van der Waals surface area contributed by atoms with Gasteiger partial charge in [0.1, 0.15) is 0 Å². The van der Waals surface area contributed by atoms with Crippen LogP contribution in [0.15, 0.2) is 78.9 Å². The van der Waals surface area contributed by atoms with E-state index < -0.39 is 9.84 Å². The summed E-state index contributed by atoms with van der Waals surface area (Å²) in [5.41, 5.74) is 2.70. The molecule has 0 bridgehead atoms. The zero-order valence-corrected chi connectivity index (χ0v) is 17.1. The zero-order chi connectivity index (χ0) is 21.6. The lowest BCUT2D eigenvalue weighted by atomic mass is 10.1. The van der Waals surface area contributed by atoms with Gasteiger partial charge in [0.25, 0.3) is 5.91 Å². The molecule has 3 aromatic rings. The van der Waals surface area contributed by atoms with E-state index in [1.165, 1.54) is 0 Å². The molecule has 0 aliphatic carbocycles. The van der Waals surface area contributed by atoms with E-state index in [0.29, 0.717) is 28.2 Å². The molecule has 0 saturated heterocycles. The maximum absolute atomic E-state index is 12.5. The summed E-state index contributed by atoms with van der Waals surface area (Å²) in [7, 11) is -3.18. The Balaban J connectivity index is 1.59. The summed E-state index contributed by atoms with van der Waals surface area (Å²) >= 11 is 0. The minimum absolute atomic E-state index is 0.125. The number of nitrogens with one attached hydrogen (secondary N) is 3. The van der Waals surface area contributed by atoms with Gasteiger partial charge in [0.15, 0.2) is 9.84 Å². The van der Waals surface area contributed by atoms with Crippen molar-refractivity contribution < 1.29 is 18.0 Å². The van der Waals surface area contributed by atoms with Crippen molar-refractivity contribution in [2.75, 3.05) is 22.2 Å². The van der Waals surface area contributed by atoms with E-state index in [4.69, 9.17) is 0 Å². The van der Waals surface area contributed by atoms with Crippen LogP contribution in [0.1, 0.15) is 15.9 Å². The second-order valence-corrected chi connectivity index (χ2v) is 8.89. The number of rotatable bonds is 6. The first-order chi connectivity index (χ1) is 14.3. The van der Waals surface area contributed by atoms with Gasteiger partial charge in [-0.05, 0) is 54.1 Å². The van der Waals surface area contributed by atoms with Gasteiger partial charge in [-0.2, -0.15) is 0 Å². The summed E-state index contributed by atoms with van der Waals surface area (Å²) < 4.78 is 22.9. The molecule has 0 aliphatic heterocycles. The van der Waals surface area contributed by atoms with Crippen molar-refractivity contribution in [1.29, 1.82) is 0 Å². The third kappa shape index (κ3) is 6.46. The number of hydrogen-bond acceptors (Lipinski definition) is 4. The molecule has 3 rings (SSSR count). The van der Waals surface area contributed by atoms with Gasteiger partial charge in [-0.3, -0.25) is 4.79 Å². The number of urea groups is 1. The Labute approximate surface area is 175 Å². The molecule has 0 heterocycles. The van der Waals surface area contributed by atoms with Gasteiger partial charge in [-0.25, -0.2) is 13.2 Å². The molecule has 3 amide bonds. The third-order valence-electron chi connectivity index (χ3n) is 4.05. The molecule has 0 aromatic heterocycles. The van der Waals surface area contributed by atoms with Crippen molar-refractivity contribution >= 4 is 38.8 Å². The highest BCUT2D eigenvalue weighted by Crippen LogP contribution is 2.16. The highest BCUT2D eigenvalue weighted by atomic mass is 32.2. The minimum atomic E-state index is -3.18. The van der Waals surface area contributed by atoms with E-state index in [1.807, 2.05) is 18.2 Å². The molecule has 0 radical (unpaired) electrons. The molecular formula is C22H21N3O4S. The molecule has 3 aromatic carbocycles. The van der Waals surface area contributed by atoms with Crippen LogP contribution in [0.2, 0.25) is 0 Å². The van der Waals surface area contributed by atoms with Crippen molar-refractivity contribution in [3.63, 3.8) is 0 Å². The first-order valence-corrected chi connectivity index (χ1v) is 11.2. The SMILES string of the molecule is CS(=O)(=O)Cc1cccc(C(=O)Nc2ccc(NC(=O)Nc3ccccc3)cc2)c1. The lowest BCUT2D eigenvalue weighted by Gasteiger charge is -2.10. The monoisotopic (exact) mass is 423 g/mol. The van der Waals surface area contributed by atoms with Gasteiger partial charge in [0, 0.05) is 28.9 Å². The quantitative estimate of drug-likeness (QED) is 0.554. The van der Waals surface area contributed by atoms with Crippen LogP contribution in [0.3, 0.4) is 0 Å². The Morgan fingerprint density at radius 1 is 0.733 bits per heavy atom. The van der Waals surface area contributed by atoms with Gasteiger partial charge in [-0.15, -0.1) is 0 Å². The highest BCUT2D eigenvalue weighted by molar-refractivity contribution is 7.89. The van der Waals surface area contributed by atoms with E-state index in [9.17, 15) is 18.0 Å². The summed E-state index contributed by atoms with van der Waals surface area (Å²) in [6.07, 6.45) is 1.15. The Morgan fingerprint density at radius 3 is 1.90 bits per heavy atom.